The van der Waals surface area contributed by atoms with Gasteiger partial charge in [-0.3, -0.25) is 4.79 Å². The summed E-state index contributed by atoms with van der Waals surface area (Å²) in [5.41, 5.74) is 1.09. The summed E-state index contributed by atoms with van der Waals surface area (Å²) in [6.07, 6.45) is -1.35. The maximum Gasteiger partial charge on any atom is 0.308 e. The third kappa shape index (κ3) is 3.66. The summed E-state index contributed by atoms with van der Waals surface area (Å²) >= 11 is 5.74. The lowest BCUT2D eigenvalue weighted by atomic mass is 10.0. The van der Waals surface area contributed by atoms with Crippen LogP contribution in [-0.4, -0.2) is 34.4 Å². The van der Waals surface area contributed by atoms with Crippen molar-refractivity contribution in [3.05, 3.63) is 28.5 Å². The Bertz CT molecular complexity index is 410. The molecular weight excluding hydrogens is 246 g/mol. The molecule has 1 rings (SSSR count). The van der Waals surface area contributed by atoms with Crippen LogP contribution in [0.1, 0.15) is 23.7 Å². The van der Waals surface area contributed by atoms with Gasteiger partial charge in [-0.1, -0.05) is 11.6 Å². The molecule has 0 saturated heterocycles. The van der Waals surface area contributed by atoms with Gasteiger partial charge in [-0.2, -0.15) is 0 Å². The van der Waals surface area contributed by atoms with E-state index in [-0.39, 0.29) is 6.42 Å². The van der Waals surface area contributed by atoms with Crippen LogP contribution in [0.4, 0.5) is 0 Å². The SMILES string of the molecule is COC(=O)CC(O)C(O)c1cnc(Cl)c(C)c1. The number of rotatable bonds is 4. The summed E-state index contributed by atoms with van der Waals surface area (Å²) in [6.45, 7) is 1.73. The van der Waals surface area contributed by atoms with Crippen LogP contribution in [-0.2, 0) is 9.53 Å². The molecule has 0 spiro atoms. The lowest BCUT2D eigenvalue weighted by Gasteiger charge is -2.17. The Morgan fingerprint density at radius 1 is 1.59 bits per heavy atom. The number of aromatic nitrogens is 1. The van der Waals surface area contributed by atoms with Crippen molar-refractivity contribution in [2.75, 3.05) is 7.11 Å². The number of hydrogen-bond acceptors (Lipinski definition) is 5. The summed E-state index contributed by atoms with van der Waals surface area (Å²) in [5.74, 6) is -0.588. The summed E-state index contributed by atoms with van der Waals surface area (Å²) in [5, 5.41) is 19.8. The average molecular weight is 260 g/mol. The van der Waals surface area contributed by atoms with Crippen molar-refractivity contribution in [3.63, 3.8) is 0 Å². The van der Waals surface area contributed by atoms with Crippen LogP contribution >= 0.6 is 11.6 Å². The number of aliphatic hydroxyl groups excluding tert-OH is 2. The number of esters is 1. The molecule has 0 aromatic carbocycles. The summed E-state index contributed by atoms with van der Waals surface area (Å²) in [7, 11) is 1.22. The van der Waals surface area contributed by atoms with Gasteiger partial charge >= 0.3 is 5.97 Å². The Morgan fingerprint density at radius 2 is 2.24 bits per heavy atom. The maximum absolute atomic E-state index is 10.9. The smallest absolute Gasteiger partial charge is 0.308 e. The van der Waals surface area contributed by atoms with E-state index in [1.807, 2.05) is 0 Å². The molecule has 2 N–H and O–H groups in total. The first-order valence-corrected chi connectivity index (χ1v) is 5.38. The fraction of sp³-hybridized carbons (Fsp3) is 0.455. The normalized spacial score (nSPS) is 14.2. The van der Waals surface area contributed by atoms with Gasteiger partial charge in [0.15, 0.2) is 0 Å². The third-order valence-corrected chi connectivity index (χ3v) is 2.74. The zero-order valence-corrected chi connectivity index (χ0v) is 10.3. The molecule has 0 saturated carbocycles. The number of aryl methyl sites for hydroxylation is 1. The molecule has 0 aliphatic rings. The maximum atomic E-state index is 10.9. The molecule has 0 aliphatic carbocycles. The number of nitrogens with zero attached hydrogens (tertiary/aromatic N) is 1. The monoisotopic (exact) mass is 259 g/mol. The number of ether oxygens (including phenoxy) is 1. The Morgan fingerprint density at radius 3 is 2.76 bits per heavy atom. The quantitative estimate of drug-likeness (QED) is 0.623. The molecule has 0 bridgehead atoms. The van der Waals surface area contributed by atoms with Gasteiger partial charge in [-0.05, 0) is 18.6 Å². The van der Waals surface area contributed by atoms with E-state index in [9.17, 15) is 15.0 Å². The number of aliphatic hydroxyl groups is 2. The van der Waals surface area contributed by atoms with Gasteiger partial charge in [0.25, 0.3) is 0 Å². The average Bonchev–Trinajstić information content (AvgIpc) is 2.31. The second-order valence-electron chi connectivity index (χ2n) is 3.67. The lowest BCUT2D eigenvalue weighted by Crippen LogP contribution is -2.22. The fourth-order valence-corrected chi connectivity index (χ4v) is 1.43. The van der Waals surface area contributed by atoms with E-state index < -0.39 is 18.2 Å². The molecule has 1 heterocycles. The van der Waals surface area contributed by atoms with Crippen LogP contribution in [0.25, 0.3) is 0 Å². The van der Waals surface area contributed by atoms with E-state index in [4.69, 9.17) is 11.6 Å². The summed E-state index contributed by atoms with van der Waals surface area (Å²) in [4.78, 5) is 14.8. The molecule has 0 fully saturated rings. The standard InChI is InChI=1S/C11H14ClNO4/c1-6-3-7(5-13-11(6)12)10(16)8(14)4-9(15)17-2/h3,5,8,10,14,16H,4H2,1-2H3. The predicted molar refractivity (Wildman–Crippen MR) is 61.6 cm³/mol. The Kier molecular flexibility index (Phi) is 4.86. The second-order valence-corrected chi connectivity index (χ2v) is 4.03. The minimum atomic E-state index is -1.23. The minimum Gasteiger partial charge on any atom is -0.469 e. The van der Waals surface area contributed by atoms with E-state index in [1.54, 1.807) is 13.0 Å². The van der Waals surface area contributed by atoms with Crippen LogP contribution in [0.5, 0.6) is 0 Å². The molecule has 6 heteroatoms. The molecule has 0 radical (unpaired) electrons. The highest BCUT2D eigenvalue weighted by Crippen LogP contribution is 2.22. The highest BCUT2D eigenvalue weighted by Gasteiger charge is 2.22. The van der Waals surface area contributed by atoms with Gasteiger partial charge in [-0.15, -0.1) is 0 Å². The van der Waals surface area contributed by atoms with Crippen LogP contribution < -0.4 is 0 Å². The second kappa shape index (κ2) is 5.95. The van der Waals surface area contributed by atoms with Crippen molar-refractivity contribution in [1.29, 1.82) is 0 Å². The topological polar surface area (TPSA) is 79.7 Å². The highest BCUT2D eigenvalue weighted by atomic mass is 35.5. The fourth-order valence-electron chi connectivity index (χ4n) is 1.33. The zero-order chi connectivity index (χ0) is 13.0. The Labute approximate surface area is 104 Å². The van der Waals surface area contributed by atoms with E-state index in [0.717, 1.165) is 0 Å². The minimum absolute atomic E-state index is 0.278. The Balaban J connectivity index is 2.77. The van der Waals surface area contributed by atoms with Gasteiger partial charge in [0, 0.05) is 11.8 Å². The lowest BCUT2D eigenvalue weighted by molar-refractivity contribution is -0.144. The van der Waals surface area contributed by atoms with Crippen molar-refractivity contribution in [1.82, 2.24) is 4.98 Å². The van der Waals surface area contributed by atoms with Crippen LogP contribution in [0.2, 0.25) is 5.15 Å². The first kappa shape index (κ1) is 13.9. The molecule has 5 nitrogen and oxygen atoms in total. The molecule has 0 amide bonds. The van der Waals surface area contributed by atoms with Gasteiger partial charge < -0.3 is 14.9 Å². The summed E-state index contributed by atoms with van der Waals surface area (Å²) in [6, 6.07) is 1.61. The van der Waals surface area contributed by atoms with Crippen LogP contribution in [0.15, 0.2) is 12.3 Å². The third-order valence-electron chi connectivity index (χ3n) is 2.34. The largest absolute Gasteiger partial charge is 0.469 e. The zero-order valence-electron chi connectivity index (χ0n) is 9.55. The predicted octanol–water partition coefficient (Wildman–Crippen LogP) is 1.00. The van der Waals surface area contributed by atoms with Gasteiger partial charge in [0.1, 0.15) is 11.3 Å². The number of methoxy groups -OCH3 is 1. The first-order chi connectivity index (χ1) is 7.95. The number of halogens is 1. The molecular formula is C11H14ClNO4. The van der Waals surface area contributed by atoms with Crippen LogP contribution in [0.3, 0.4) is 0 Å². The number of carbonyl (C=O) groups excluding carboxylic acids is 1. The number of hydrogen-bond donors (Lipinski definition) is 2. The van der Waals surface area contributed by atoms with E-state index in [1.165, 1.54) is 13.3 Å². The first-order valence-electron chi connectivity index (χ1n) is 5.00. The molecule has 17 heavy (non-hydrogen) atoms. The molecule has 2 atom stereocenters. The molecule has 94 valence electrons. The van der Waals surface area contributed by atoms with E-state index in [0.29, 0.717) is 16.3 Å². The van der Waals surface area contributed by atoms with Crippen molar-refractivity contribution in [2.24, 2.45) is 0 Å². The summed E-state index contributed by atoms with van der Waals surface area (Å²) < 4.78 is 4.40. The van der Waals surface area contributed by atoms with Crippen LogP contribution in [0, 0.1) is 6.92 Å². The highest BCUT2D eigenvalue weighted by molar-refractivity contribution is 6.30. The molecule has 1 aromatic heterocycles. The van der Waals surface area contributed by atoms with E-state index >= 15 is 0 Å². The molecule has 2 unspecified atom stereocenters. The van der Waals surface area contributed by atoms with Crippen molar-refractivity contribution < 1.29 is 19.7 Å². The van der Waals surface area contributed by atoms with Gasteiger partial charge in [0.2, 0.25) is 0 Å². The molecule has 0 aliphatic heterocycles. The molecule has 1 aromatic rings. The van der Waals surface area contributed by atoms with E-state index in [2.05, 4.69) is 9.72 Å². The number of carbonyl (C=O) groups is 1. The van der Waals surface area contributed by atoms with Gasteiger partial charge in [0.05, 0.1) is 19.6 Å². The Hall–Kier alpha value is -1.17. The van der Waals surface area contributed by atoms with Crippen molar-refractivity contribution in [3.8, 4) is 0 Å². The van der Waals surface area contributed by atoms with Crippen molar-refractivity contribution in [2.45, 2.75) is 25.6 Å². The van der Waals surface area contributed by atoms with Gasteiger partial charge in [-0.25, -0.2) is 4.98 Å². The number of pyridine rings is 1. The van der Waals surface area contributed by atoms with Crippen molar-refractivity contribution >= 4 is 17.6 Å².